The van der Waals surface area contributed by atoms with Gasteiger partial charge < -0.3 is 20.1 Å². The van der Waals surface area contributed by atoms with Crippen LogP contribution in [0.1, 0.15) is 36.6 Å². The van der Waals surface area contributed by atoms with Crippen LogP contribution in [0.3, 0.4) is 0 Å². The maximum Gasteiger partial charge on any atom is 0.191 e. The molecule has 0 saturated carbocycles. The molecule has 1 aromatic heterocycles. The van der Waals surface area contributed by atoms with Crippen molar-refractivity contribution in [1.82, 2.24) is 15.5 Å². The van der Waals surface area contributed by atoms with E-state index in [-0.39, 0.29) is 24.0 Å². The van der Waals surface area contributed by atoms with Gasteiger partial charge in [-0.2, -0.15) is 0 Å². The fourth-order valence-electron chi connectivity index (χ4n) is 3.70. The number of hydrogen-bond acceptors (Lipinski definition) is 5. The zero-order valence-corrected chi connectivity index (χ0v) is 20.0. The first-order valence-electron chi connectivity index (χ1n) is 10.2. The molecule has 3 heterocycles. The number of nitrogens with one attached hydrogen (secondary N) is 2. The predicted molar refractivity (Wildman–Crippen MR) is 127 cm³/mol. The van der Waals surface area contributed by atoms with Crippen molar-refractivity contribution in [3.8, 4) is 0 Å². The third-order valence-corrected chi connectivity index (χ3v) is 6.25. The van der Waals surface area contributed by atoms with Gasteiger partial charge in [0.2, 0.25) is 0 Å². The van der Waals surface area contributed by atoms with E-state index in [0.29, 0.717) is 12.0 Å². The highest BCUT2D eigenvalue weighted by molar-refractivity contribution is 14.0. The van der Waals surface area contributed by atoms with Crippen molar-refractivity contribution >= 4 is 41.3 Å². The van der Waals surface area contributed by atoms with Crippen molar-refractivity contribution in [2.24, 2.45) is 10.9 Å². The maximum absolute atomic E-state index is 5.76. The smallest absolute Gasteiger partial charge is 0.191 e. The number of halogens is 1. The molecule has 0 spiro atoms. The molecule has 28 heavy (non-hydrogen) atoms. The summed E-state index contributed by atoms with van der Waals surface area (Å²) >= 11 is 1.85. The monoisotopic (exact) mass is 522 g/mol. The lowest BCUT2D eigenvalue weighted by atomic mass is 10.1. The van der Waals surface area contributed by atoms with Gasteiger partial charge in [-0.05, 0) is 50.2 Å². The Balaban J connectivity index is 0.00000280. The summed E-state index contributed by atoms with van der Waals surface area (Å²) in [7, 11) is 1.84. The molecule has 0 aromatic carbocycles. The van der Waals surface area contributed by atoms with Crippen molar-refractivity contribution in [2.75, 3.05) is 59.7 Å². The van der Waals surface area contributed by atoms with Crippen LogP contribution < -0.4 is 10.6 Å². The minimum atomic E-state index is 0. The molecule has 2 unspecified atom stereocenters. The number of thiophene rings is 1. The van der Waals surface area contributed by atoms with Crippen LogP contribution in [-0.4, -0.2) is 70.5 Å². The summed E-state index contributed by atoms with van der Waals surface area (Å²) in [5.74, 6) is 1.46. The Bertz CT molecular complexity index is 546. The first-order chi connectivity index (χ1) is 13.4. The number of guanidine groups is 1. The van der Waals surface area contributed by atoms with Crippen molar-refractivity contribution in [1.29, 1.82) is 0 Å². The maximum atomic E-state index is 5.76. The third-order valence-electron chi connectivity index (χ3n) is 5.27. The van der Waals surface area contributed by atoms with Gasteiger partial charge in [0, 0.05) is 44.1 Å². The SMILES string of the molecule is CN=C(NCCCOCC1CCOC1)NCC(c1cccs1)N1CCCC1.I. The molecule has 2 fully saturated rings. The lowest BCUT2D eigenvalue weighted by molar-refractivity contribution is 0.0888. The van der Waals surface area contributed by atoms with E-state index < -0.39 is 0 Å². The van der Waals surface area contributed by atoms with Crippen molar-refractivity contribution in [3.63, 3.8) is 0 Å². The number of aliphatic imine (C=N–C) groups is 1. The zero-order chi connectivity index (χ0) is 18.7. The third kappa shape index (κ3) is 7.78. The number of hydrogen-bond donors (Lipinski definition) is 2. The first kappa shape index (κ1) is 23.9. The fraction of sp³-hybridized carbons (Fsp3) is 0.750. The van der Waals surface area contributed by atoms with Crippen LogP contribution in [0.5, 0.6) is 0 Å². The summed E-state index contributed by atoms with van der Waals surface area (Å²) in [6.45, 7) is 7.50. The summed E-state index contributed by atoms with van der Waals surface area (Å²) in [5.41, 5.74) is 0. The molecule has 160 valence electrons. The summed E-state index contributed by atoms with van der Waals surface area (Å²) in [6.07, 6.45) is 4.73. The number of likely N-dealkylation sites (tertiary alicyclic amines) is 1. The van der Waals surface area contributed by atoms with E-state index in [1.807, 2.05) is 18.4 Å². The second-order valence-electron chi connectivity index (χ2n) is 7.31. The molecular formula is C20H35IN4O2S. The molecule has 1 aromatic rings. The van der Waals surface area contributed by atoms with Gasteiger partial charge in [0.25, 0.3) is 0 Å². The summed E-state index contributed by atoms with van der Waals surface area (Å²) in [6, 6.07) is 4.83. The Morgan fingerprint density at radius 1 is 1.39 bits per heavy atom. The van der Waals surface area contributed by atoms with Crippen LogP contribution in [-0.2, 0) is 9.47 Å². The number of nitrogens with zero attached hydrogens (tertiary/aromatic N) is 2. The predicted octanol–water partition coefficient (Wildman–Crippen LogP) is 3.11. The molecule has 6 nitrogen and oxygen atoms in total. The van der Waals surface area contributed by atoms with Crippen LogP contribution in [0.2, 0.25) is 0 Å². The van der Waals surface area contributed by atoms with Gasteiger partial charge in [-0.25, -0.2) is 0 Å². The number of rotatable bonds is 10. The fourth-order valence-corrected chi connectivity index (χ4v) is 4.56. The highest BCUT2D eigenvalue weighted by Crippen LogP contribution is 2.27. The summed E-state index contributed by atoms with van der Waals surface area (Å²) < 4.78 is 11.1. The van der Waals surface area contributed by atoms with Gasteiger partial charge in [0.05, 0.1) is 19.3 Å². The molecule has 3 rings (SSSR count). The van der Waals surface area contributed by atoms with Gasteiger partial charge >= 0.3 is 0 Å². The van der Waals surface area contributed by atoms with E-state index in [1.54, 1.807) is 0 Å². The summed E-state index contributed by atoms with van der Waals surface area (Å²) in [5, 5.41) is 9.09. The average molecular weight is 522 g/mol. The molecule has 8 heteroatoms. The van der Waals surface area contributed by atoms with Crippen LogP contribution >= 0.6 is 35.3 Å². The van der Waals surface area contributed by atoms with Gasteiger partial charge in [0.1, 0.15) is 0 Å². The Hall–Kier alpha value is -0.420. The van der Waals surface area contributed by atoms with Gasteiger partial charge in [-0.3, -0.25) is 9.89 Å². The van der Waals surface area contributed by atoms with Gasteiger partial charge in [-0.15, -0.1) is 35.3 Å². The minimum absolute atomic E-state index is 0. The summed E-state index contributed by atoms with van der Waals surface area (Å²) in [4.78, 5) is 8.40. The second kappa shape index (κ2) is 13.7. The molecule has 2 aliphatic rings. The molecule has 2 saturated heterocycles. The molecule has 2 N–H and O–H groups in total. The molecule has 2 aliphatic heterocycles. The minimum Gasteiger partial charge on any atom is -0.381 e. The molecule has 0 radical (unpaired) electrons. The van der Waals surface area contributed by atoms with E-state index in [1.165, 1.54) is 30.8 Å². The molecule has 0 aliphatic carbocycles. The quantitative estimate of drug-likeness (QED) is 0.214. The van der Waals surface area contributed by atoms with E-state index in [2.05, 4.69) is 38.0 Å². The Morgan fingerprint density at radius 2 is 2.25 bits per heavy atom. The lowest BCUT2D eigenvalue weighted by Crippen LogP contribution is -2.42. The average Bonchev–Trinajstić information content (AvgIpc) is 3.46. The normalized spacial score (nSPS) is 21.5. The highest BCUT2D eigenvalue weighted by atomic mass is 127. The van der Waals surface area contributed by atoms with Crippen LogP contribution in [0.4, 0.5) is 0 Å². The van der Waals surface area contributed by atoms with Crippen LogP contribution in [0.25, 0.3) is 0 Å². The standard InChI is InChI=1S/C20H34N4O2S.HI/c1-21-20(22-8-5-11-25-15-17-7-12-26-16-17)23-14-18(19-6-4-13-27-19)24-9-2-3-10-24;/h4,6,13,17-18H,2-3,5,7-12,14-16H2,1H3,(H2,21,22,23);1H. The molecule has 0 amide bonds. The topological polar surface area (TPSA) is 58.1 Å². The Morgan fingerprint density at radius 3 is 2.93 bits per heavy atom. The van der Waals surface area contributed by atoms with Crippen LogP contribution in [0.15, 0.2) is 22.5 Å². The second-order valence-corrected chi connectivity index (χ2v) is 8.29. The van der Waals surface area contributed by atoms with E-state index >= 15 is 0 Å². The Kier molecular flexibility index (Phi) is 11.7. The lowest BCUT2D eigenvalue weighted by Gasteiger charge is -2.27. The molecular weight excluding hydrogens is 487 g/mol. The molecule has 0 bridgehead atoms. The Labute approximate surface area is 190 Å². The van der Waals surface area contributed by atoms with Gasteiger partial charge in [-0.1, -0.05) is 6.07 Å². The van der Waals surface area contributed by atoms with Crippen molar-refractivity contribution < 1.29 is 9.47 Å². The van der Waals surface area contributed by atoms with Crippen molar-refractivity contribution in [3.05, 3.63) is 22.4 Å². The van der Waals surface area contributed by atoms with E-state index in [9.17, 15) is 0 Å². The van der Waals surface area contributed by atoms with E-state index in [4.69, 9.17) is 9.47 Å². The largest absolute Gasteiger partial charge is 0.381 e. The zero-order valence-electron chi connectivity index (χ0n) is 16.9. The highest BCUT2D eigenvalue weighted by Gasteiger charge is 2.24. The van der Waals surface area contributed by atoms with E-state index in [0.717, 1.165) is 58.3 Å². The molecule has 2 atom stereocenters. The van der Waals surface area contributed by atoms with Crippen LogP contribution in [0, 0.1) is 5.92 Å². The number of ether oxygens (including phenoxy) is 2. The first-order valence-corrected chi connectivity index (χ1v) is 11.1. The van der Waals surface area contributed by atoms with Crippen molar-refractivity contribution in [2.45, 2.75) is 31.7 Å². The van der Waals surface area contributed by atoms with Gasteiger partial charge in [0.15, 0.2) is 5.96 Å².